The van der Waals surface area contributed by atoms with Gasteiger partial charge in [-0.15, -0.1) is 0 Å². The highest BCUT2D eigenvalue weighted by molar-refractivity contribution is 5.77. The van der Waals surface area contributed by atoms with E-state index in [-0.39, 0.29) is 17.8 Å². The van der Waals surface area contributed by atoms with Crippen LogP contribution in [0.15, 0.2) is 0 Å². The maximum Gasteiger partial charge on any atom is 0.163 e. The second kappa shape index (κ2) is 4.41. The Kier molecular flexibility index (Phi) is 3.67. The molecule has 14 heavy (non-hydrogen) atoms. The summed E-state index contributed by atoms with van der Waals surface area (Å²) < 4.78 is 11.1. The Balaban J connectivity index is 2.24. The second-order valence-corrected chi connectivity index (χ2v) is 4.54. The largest absolute Gasteiger partial charge is 0.348 e. The molecule has 1 saturated heterocycles. The van der Waals surface area contributed by atoms with Crippen LogP contribution in [0.5, 0.6) is 0 Å². The average molecular weight is 200 g/mol. The van der Waals surface area contributed by atoms with Crippen molar-refractivity contribution < 1.29 is 14.3 Å². The quantitative estimate of drug-likeness (QED) is 0.697. The highest BCUT2D eigenvalue weighted by Crippen LogP contribution is 2.25. The molecular weight excluding hydrogens is 180 g/mol. The molecule has 0 aliphatic carbocycles. The van der Waals surface area contributed by atoms with Crippen LogP contribution in [0.1, 0.15) is 40.5 Å². The van der Waals surface area contributed by atoms with Crippen LogP contribution < -0.4 is 0 Å². The molecule has 0 aromatic rings. The van der Waals surface area contributed by atoms with E-state index in [1.165, 1.54) is 0 Å². The fourth-order valence-electron chi connectivity index (χ4n) is 1.54. The molecule has 0 unspecified atom stereocenters. The molecule has 0 saturated carbocycles. The molecule has 0 aromatic carbocycles. The third-order valence-corrected chi connectivity index (χ3v) is 2.68. The van der Waals surface area contributed by atoms with Gasteiger partial charge in [0.1, 0.15) is 5.78 Å². The van der Waals surface area contributed by atoms with Crippen LogP contribution >= 0.6 is 0 Å². The predicted molar refractivity (Wildman–Crippen MR) is 54.0 cm³/mol. The minimum absolute atomic E-state index is 0.141. The molecule has 0 N–H and O–H groups in total. The van der Waals surface area contributed by atoms with Gasteiger partial charge in [-0.05, 0) is 33.6 Å². The molecule has 0 spiro atoms. The maximum absolute atomic E-state index is 11.0. The smallest absolute Gasteiger partial charge is 0.163 e. The fraction of sp³-hybridized carbons (Fsp3) is 0.909. The third-order valence-electron chi connectivity index (χ3n) is 2.68. The second-order valence-electron chi connectivity index (χ2n) is 4.54. The van der Waals surface area contributed by atoms with Crippen LogP contribution in [0.25, 0.3) is 0 Å². The minimum Gasteiger partial charge on any atom is -0.348 e. The number of ether oxygens (including phenoxy) is 2. The first kappa shape index (κ1) is 11.7. The zero-order valence-electron chi connectivity index (χ0n) is 9.50. The van der Waals surface area contributed by atoms with E-state index in [2.05, 4.69) is 0 Å². The van der Waals surface area contributed by atoms with Crippen molar-refractivity contribution in [2.45, 2.75) is 52.4 Å². The monoisotopic (exact) mass is 200 g/mol. The lowest BCUT2D eigenvalue weighted by Gasteiger charge is -2.17. The van der Waals surface area contributed by atoms with Crippen molar-refractivity contribution in [2.75, 3.05) is 6.61 Å². The van der Waals surface area contributed by atoms with Gasteiger partial charge in [0.2, 0.25) is 0 Å². The number of Topliss-reactive ketones (excluding diaryl/α,β-unsaturated/α-hetero) is 1. The molecule has 0 amide bonds. The predicted octanol–water partition coefficient (Wildman–Crippen LogP) is 2.14. The van der Waals surface area contributed by atoms with E-state index >= 15 is 0 Å². The van der Waals surface area contributed by atoms with Gasteiger partial charge < -0.3 is 9.47 Å². The lowest BCUT2D eigenvalue weighted by molar-refractivity contribution is -0.139. The number of rotatable bonds is 4. The Morgan fingerprint density at radius 2 is 2.21 bits per heavy atom. The lowest BCUT2D eigenvalue weighted by Crippen LogP contribution is -2.22. The Labute approximate surface area is 85.8 Å². The Bertz CT molecular complexity index is 211. The van der Waals surface area contributed by atoms with Crippen molar-refractivity contribution in [1.29, 1.82) is 0 Å². The third kappa shape index (κ3) is 3.39. The van der Waals surface area contributed by atoms with Gasteiger partial charge in [-0.1, -0.05) is 6.92 Å². The van der Waals surface area contributed by atoms with E-state index in [0.29, 0.717) is 6.61 Å². The van der Waals surface area contributed by atoms with E-state index in [4.69, 9.17) is 9.47 Å². The molecule has 0 aromatic heterocycles. The van der Waals surface area contributed by atoms with E-state index in [0.717, 1.165) is 12.8 Å². The molecule has 1 aliphatic heterocycles. The summed E-state index contributed by atoms with van der Waals surface area (Å²) in [6.07, 6.45) is 1.95. The van der Waals surface area contributed by atoms with Crippen LogP contribution in [0.2, 0.25) is 0 Å². The van der Waals surface area contributed by atoms with Gasteiger partial charge in [0, 0.05) is 5.92 Å². The van der Waals surface area contributed by atoms with Crippen LogP contribution in [-0.2, 0) is 14.3 Å². The van der Waals surface area contributed by atoms with Crippen LogP contribution in [0, 0.1) is 5.92 Å². The number of ketones is 1. The molecule has 82 valence electrons. The maximum atomic E-state index is 11.0. The van der Waals surface area contributed by atoms with Gasteiger partial charge in [0.25, 0.3) is 0 Å². The van der Waals surface area contributed by atoms with Crippen molar-refractivity contribution in [2.24, 2.45) is 5.92 Å². The zero-order chi connectivity index (χ0) is 10.8. The first-order valence-electron chi connectivity index (χ1n) is 5.23. The van der Waals surface area contributed by atoms with E-state index in [9.17, 15) is 4.79 Å². The molecule has 3 nitrogen and oxygen atoms in total. The minimum atomic E-state index is -0.440. The Morgan fingerprint density at radius 1 is 1.57 bits per heavy atom. The van der Waals surface area contributed by atoms with Crippen molar-refractivity contribution in [3.05, 3.63) is 0 Å². The molecular formula is C11H20O3. The van der Waals surface area contributed by atoms with Gasteiger partial charge in [0.15, 0.2) is 5.79 Å². The molecule has 1 rings (SSSR count). The summed E-state index contributed by atoms with van der Waals surface area (Å²) in [5.41, 5.74) is 0. The molecule has 2 atom stereocenters. The average Bonchev–Trinajstić information content (AvgIpc) is 2.41. The summed E-state index contributed by atoms with van der Waals surface area (Å²) in [6, 6.07) is 0. The zero-order valence-corrected chi connectivity index (χ0v) is 9.50. The lowest BCUT2D eigenvalue weighted by atomic mass is 10.00. The Morgan fingerprint density at radius 3 is 2.64 bits per heavy atom. The van der Waals surface area contributed by atoms with Gasteiger partial charge in [-0.3, -0.25) is 4.79 Å². The van der Waals surface area contributed by atoms with Gasteiger partial charge >= 0.3 is 0 Å². The van der Waals surface area contributed by atoms with Crippen molar-refractivity contribution in [3.63, 3.8) is 0 Å². The SMILES string of the molecule is CC(=O)[C@@H](C)CC[C@@H]1COC(C)(C)O1. The summed E-state index contributed by atoms with van der Waals surface area (Å²) in [7, 11) is 0. The normalized spacial score (nSPS) is 27.6. The molecule has 1 heterocycles. The first-order chi connectivity index (χ1) is 6.41. The number of hydrogen-bond acceptors (Lipinski definition) is 3. The van der Waals surface area contributed by atoms with E-state index in [1.807, 2.05) is 20.8 Å². The summed E-state index contributed by atoms with van der Waals surface area (Å²) in [4.78, 5) is 11.0. The van der Waals surface area contributed by atoms with Gasteiger partial charge in [-0.25, -0.2) is 0 Å². The Hall–Kier alpha value is -0.410. The summed E-state index contributed by atoms with van der Waals surface area (Å²) in [6.45, 7) is 8.09. The van der Waals surface area contributed by atoms with Crippen molar-refractivity contribution in [3.8, 4) is 0 Å². The van der Waals surface area contributed by atoms with Crippen LogP contribution in [0.3, 0.4) is 0 Å². The number of carbonyl (C=O) groups excluding carboxylic acids is 1. The van der Waals surface area contributed by atoms with Crippen LogP contribution in [0.4, 0.5) is 0 Å². The van der Waals surface area contributed by atoms with Crippen LogP contribution in [-0.4, -0.2) is 24.3 Å². The molecule has 0 radical (unpaired) electrons. The summed E-state index contributed by atoms with van der Waals surface area (Å²) in [5.74, 6) is -0.0464. The fourth-order valence-corrected chi connectivity index (χ4v) is 1.54. The van der Waals surface area contributed by atoms with E-state index < -0.39 is 5.79 Å². The summed E-state index contributed by atoms with van der Waals surface area (Å²) in [5, 5.41) is 0. The summed E-state index contributed by atoms with van der Waals surface area (Å²) >= 11 is 0. The number of carbonyl (C=O) groups is 1. The standard InChI is InChI=1S/C11H20O3/c1-8(9(2)12)5-6-10-7-13-11(3,4)14-10/h8,10H,5-7H2,1-4H3/t8-,10+/m0/s1. The highest BCUT2D eigenvalue weighted by atomic mass is 16.7. The first-order valence-corrected chi connectivity index (χ1v) is 5.23. The number of hydrogen-bond donors (Lipinski definition) is 0. The topological polar surface area (TPSA) is 35.5 Å². The van der Waals surface area contributed by atoms with Gasteiger partial charge in [-0.2, -0.15) is 0 Å². The van der Waals surface area contributed by atoms with E-state index in [1.54, 1.807) is 6.92 Å². The molecule has 3 heteroatoms. The van der Waals surface area contributed by atoms with Crippen molar-refractivity contribution in [1.82, 2.24) is 0 Å². The molecule has 0 bridgehead atoms. The highest BCUT2D eigenvalue weighted by Gasteiger charge is 2.32. The van der Waals surface area contributed by atoms with Gasteiger partial charge in [0.05, 0.1) is 12.7 Å². The molecule has 1 aliphatic rings. The molecule has 1 fully saturated rings. The van der Waals surface area contributed by atoms with Crippen molar-refractivity contribution >= 4 is 5.78 Å².